The normalized spacial score (nSPS) is 28.5. The van der Waals surface area contributed by atoms with E-state index < -0.39 is 29.7 Å². The van der Waals surface area contributed by atoms with Crippen molar-refractivity contribution in [1.82, 2.24) is 9.55 Å². The van der Waals surface area contributed by atoms with Crippen LogP contribution in [0.5, 0.6) is 0 Å². The van der Waals surface area contributed by atoms with Gasteiger partial charge in [-0.25, -0.2) is 4.79 Å². The summed E-state index contributed by atoms with van der Waals surface area (Å²) >= 11 is 0. The van der Waals surface area contributed by atoms with Crippen molar-refractivity contribution in [3.8, 4) is 0 Å². The van der Waals surface area contributed by atoms with Gasteiger partial charge in [0, 0.05) is 18.2 Å². The maximum Gasteiger partial charge on any atom is 0.330 e. The minimum Gasteiger partial charge on any atom is -0.394 e. The van der Waals surface area contributed by atoms with Gasteiger partial charge in [0.05, 0.1) is 12.7 Å². The fourth-order valence-corrected chi connectivity index (χ4v) is 2.02. The second-order valence-corrected chi connectivity index (χ2v) is 4.08. The van der Waals surface area contributed by atoms with E-state index in [4.69, 9.17) is 9.84 Å². The highest BCUT2D eigenvalue weighted by atomic mass is 16.5. The number of hydrogen-bond acceptors (Lipinski definition) is 5. The molecular weight excluding hydrogens is 228 g/mol. The number of H-pyrrole nitrogens is 1. The first-order chi connectivity index (χ1) is 8.02. The molecule has 0 amide bonds. The van der Waals surface area contributed by atoms with Gasteiger partial charge in [0.25, 0.3) is 5.56 Å². The average molecular weight is 242 g/mol. The summed E-state index contributed by atoms with van der Waals surface area (Å²) in [6.45, 7) is 1.36. The van der Waals surface area contributed by atoms with E-state index >= 15 is 0 Å². The van der Waals surface area contributed by atoms with Gasteiger partial charge < -0.3 is 14.9 Å². The van der Waals surface area contributed by atoms with Gasteiger partial charge in [-0.1, -0.05) is 0 Å². The van der Waals surface area contributed by atoms with Gasteiger partial charge in [0.2, 0.25) is 0 Å². The van der Waals surface area contributed by atoms with Crippen LogP contribution < -0.4 is 11.2 Å². The van der Waals surface area contributed by atoms with E-state index in [-0.39, 0.29) is 13.0 Å². The van der Waals surface area contributed by atoms with Crippen molar-refractivity contribution >= 4 is 0 Å². The van der Waals surface area contributed by atoms with Crippen LogP contribution in [-0.4, -0.2) is 38.6 Å². The molecule has 1 fully saturated rings. The van der Waals surface area contributed by atoms with Crippen molar-refractivity contribution in [2.24, 2.45) is 0 Å². The fourth-order valence-electron chi connectivity index (χ4n) is 2.02. The third-order valence-electron chi connectivity index (χ3n) is 2.79. The van der Waals surface area contributed by atoms with E-state index in [9.17, 15) is 14.7 Å². The van der Waals surface area contributed by atoms with Gasteiger partial charge in [0.15, 0.2) is 6.23 Å². The number of aliphatic hydroxyl groups excluding tert-OH is 2. The Morgan fingerprint density at radius 3 is 2.82 bits per heavy atom. The molecule has 94 valence electrons. The number of aliphatic hydroxyl groups is 2. The maximum absolute atomic E-state index is 11.6. The number of rotatable bonds is 2. The Bertz CT molecular complexity index is 520. The van der Waals surface area contributed by atoms with Crippen molar-refractivity contribution < 1.29 is 14.9 Å². The fraction of sp³-hybridized carbons (Fsp3) is 0.600. The zero-order valence-corrected chi connectivity index (χ0v) is 9.29. The lowest BCUT2D eigenvalue weighted by Crippen LogP contribution is -2.37. The molecule has 0 aliphatic carbocycles. The van der Waals surface area contributed by atoms with Crippen LogP contribution in [0.1, 0.15) is 18.3 Å². The van der Waals surface area contributed by atoms with Gasteiger partial charge in [-0.2, -0.15) is 0 Å². The first-order valence-corrected chi connectivity index (χ1v) is 5.29. The van der Waals surface area contributed by atoms with E-state index in [0.717, 1.165) is 0 Å². The zero-order valence-electron chi connectivity index (χ0n) is 9.29. The Labute approximate surface area is 96.3 Å². The number of hydrogen-bond donors (Lipinski definition) is 3. The van der Waals surface area contributed by atoms with Gasteiger partial charge in [-0.15, -0.1) is 0 Å². The van der Waals surface area contributed by atoms with Gasteiger partial charge in [-0.05, 0) is 6.92 Å². The SMILES string of the molecule is Cc1cc(=O)[nH]c(=O)n1[C@@H]1O[C@H](CO)C[C@H]1O. The minimum absolute atomic E-state index is 0.218. The van der Waals surface area contributed by atoms with Crippen LogP contribution >= 0.6 is 0 Å². The first-order valence-electron chi connectivity index (χ1n) is 5.29. The van der Waals surface area contributed by atoms with Gasteiger partial charge in [0.1, 0.15) is 6.10 Å². The highest BCUT2D eigenvalue weighted by molar-refractivity contribution is 5.01. The van der Waals surface area contributed by atoms with Crippen molar-refractivity contribution in [3.05, 3.63) is 32.6 Å². The monoisotopic (exact) mass is 242 g/mol. The Balaban J connectivity index is 2.42. The molecule has 0 bridgehead atoms. The van der Waals surface area contributed by atoms with Crippen LogP contribution in [0.4, 0.5) is 0 Å². The minimum atomic E-state index is -0.880. The molecule has 3 N–H and O–H groups in total. The lowest BCUT2D eigenvalue weighted by atomic mass is 10.2. The molecule has 0 radical (unpaired) electrons. The van der Waals surface area contributed by atoms with E-state index in [2.05, 4.69) is 4.98 Å². The van der Waals surface area contributed by atoms with Gasteiger partial charge >= 0.3 is 5.69 Å². The summed E-state index contributed by atoms with van der Waals surface area (Å²) in [6.07, 6.45) is -1.98. The number of aromatic amines is 1. The van der Waals surface area contributed by atoms with E-state index in [1.165, 1.54) is 10.6 Å². The third kappa shape index (κ3) is 2.17. The van der Waals surface area contributed by atoms with Crippen LogP contribution in [0.25, 0.3) is 0 Å². The molecule has 1 aliphatic heterocycles. The molecule has 1 aliphatic rings. The Kier molecular flexibility index (Phi) is 3.14. The lowest BCUT2D eigenvalue weighted by molar-refractivity contribution is -0.0540. The predicted octanol–water partition coefficient (Wildman–Crippen LogP) is -1.51. The number of ether oxygens (including phenoxy) is 1. The largest absolute Gasteiger partial charge is 0.394 e. The molecule has 7 heteroatoms. The molecular formula is C10H14N2O5. The molecule has 2 heterocycles. The zero-order chi connectivity index (χ0) is 12.6. The Morgan fingerprint density at radius 2 is 2.29 bits per heavy atom. The van der Waals surface area contributed by atoms with Crippen LogP contribution in [0.15, 0.2) is 15.7 Å². The Morgan fingerprint density at radius 1 is 1.59 bits per heavy atom. The maximum atomic E-state index is 11.6. The van der Waals surface area contributed by atoms with Crippen LogP contribution in [0.3, 0.4) is 0 Å². The molecule has 0 aromatic carbocycles. The van der Waals surface area contributed by atoms with Crippen molar-refractivity contribution in [2.75, 3.05) is 6.61 Å². The van der Waals surface area contributed by atoms with E-state index in [1.807, 2.05) is 0 Å². The summed E-state index contributed by atoms with van der Waals surface area (Å²) in [5.74, 6) is 0. The summed E-state index contributed by atoms with van der Waals surface area (Å²) < 4.78 is 6.53. The number of aryl methyl sites for hydroxylation is 1. The molecule has 1 saturated heterocycles. The molecule has 0 unspecified atom stereocenters. The van der Waals surface area contributed by atoms with Crippen LogP contribution in [0.2, 0.25) is 0 Å². The molecule has 0 saturated carbocycles. The standard InChI is InChI=1S/C10H14N2O5/c1-5-2-8(15)11-10(16)12(5)9-7(14)3-6(4-13)17-9/h2,6-7,9,13-14H,3-4H2,1H3,(H,11,15,16)/t6-,7+,9+/m0/s1. The van der Waals surface area contributed by atoms with E-state index in [0.29, 0.717) is 5.69 Å². The molecule has 2 rings (SSSR count). The van der Waals surface area contributed by atoms with Gasteiger partial charge in [-0.3, -0.25) is 14.3 Å². The van der Waals surface area contributed by atoms with E-state index in [1.54, 1.807) is 6.92 Å². The molecule has 7 nitrogen and oxygen atoms in total. The predicted molar refractivity (Wildman–Crippen MR) is 57.7 cm³/mol. The van der Waals surface area contributed by atoms with Crippen molar-refractivity contribution in [3.63, 3.8) is 0 Å². The van der Waals surface area contributed by atoms with Crippen molar-refractivity contribution in [1.29, 1.82) is 0 Å². The lowest BCUT2D eigenvalue weighted by Gasteiger charge is -2.19. The molecule has 1 aromatic rings. The smallest absolute Gasteiger partial charge is 0.330 e. The summed E-state index contributed by atoms with van der Waals surface area (Å²) in [4.78, 5) is 24.8. The second-order valence-electron chi connectivity index (χ2n) is 4.08. The summed E-state index contributed by atoms with van der Waals surface area (Å²) in [5, 5.41) is 18.7. The average Bonchev–Trinajstić information content (AvgIpc) is 2.59. The Hall–Kier alpha value is -1.44. The molecule has 3 atom stereocenters. The topological polar surface area (TPSA) is 105 Å². The van der Waals surface area contributed by atoms with Crippen LogP contribution in [0, 0.1) is 6.92 Å². The highest BCUT2D eigenvalue weighted by Crippen LogP contribution is 2.27. The highest BCUT2D eigenvalue weighted by Gasteiger charge is 2.36. The number of nitrogens with zero attached hydrogens (tertiary/aromatic N) is 1. The molecule has 0 spiro atoms. The number of aromatic nitrogens is 2. The van der Waals surface area contributed by atoms with Crippen molar-refractivity contribution in [2.45, 2.75) is 31.8 Å². The quantitative estimate of drug-likeness (QED) is 0.584. The third-order valence-corrected chi connectivity index (χ3v) is 2.79. The summed E-state index contributed by atoms with van der Waals surface area (Å²) in [7, 11) is 0. The summed E-state index contributed by atoms with van der Waals surface area (Å²) in [6, 6.07) is 1.25. The second kappa shape index (κ2) is 4.44. The summed E-state index contributed by atoms with van der Waals surface area (Å²) in [5.41, 5.74) is -0.714. The molecule has 17 heavy (non-hydrogen) atoms. The van der Waals surface area contributed by atoms with Crippen LogP contribution in [-0.2, 0) is 4.74 Å². The molecule has 1 aromatic heterocycles. The first kappa shape index (κ1) is 12.0. The number of nitrogens with one attached hydrogen (secondary N) is 1.